The van der Waals surface area contributed by atoms with E-state index in [4.69, 9.17) is 9.79 Å². The molecule has 0 radical (unpaired) electrons. The molecule has 2 N–H and O–H groups in total. The van der Waals surface area contributed by atoms with Crippen molar-refractivity contribution in [3.8, 4) is 0 Å². The molecule has 0 unspecified atom stereocenters. The van der Waals surface area contributed by atoms with E-state index in [0.717, 1.165) is 0 Å². The van der Waals surface area contributed by atoms with Crippen molar-refractivity contribution < 1.29 is 58.3 Å². The predicted molar refractivity (Wildman–Crippen MR) is 24.2 cm³/mol. The molecule has 0 spiro atoms. The molecule has 0 aromatic heterocycles. The van der Waals surface area contributed by atoms with E-state index in [0.29, 0.717) is 0 Å². The molecule has 0 aromatic carbocycles. The second kappa shape index (κ2) is 6.66. The summed E-state index contributed by atoms with van der Waals surface area (Å²) in [6.07, 6.45) is 0. The maximum Gasteiger partial charge on any atom is 1.00 e. The van der Waals surface area contributed by atoms with Crippen LogP contribution in [0.25, 0.3) is 0 Å². The smallest absolute Gasteiger partial charge is 1.00 e. The molecule has 0 fully saturated rings. The van der Waals surface area contributed by atoms with Gasteiger partial charge in [0, 0.05) is 19.5 Å². The van der Waals surface area contributed by atoms with Gasteiger partial charge in [-0.2, -0.15) is 0 Å². The Morgan fingerprint density at radius 2 is 1.75 bits per heavy atom. The van der Waals surface area contributed by atoms with Gasteiger partial charge in [0.25, 0.3) is 0 Å². The van der Waals surface area contributed by atoms with Gasteiger partial charge in [-0.3, -0.25) is 0 Å². The minimum absolute atomic E-state index is 0. The van der Waals surface area contributed by atoms with Crippen molar-refractivity contribution in [3.63, 3.8) is 0 Å². The maximum atomic E-state index is 9.51. The van der Waals surface area contributed by atoms with E-state index >= 15 is 0 Å². The summed E-state index contributed by atoms with van der Waals surface area (Å²) in [6, 6.07) is 0. The fraction of sp³-hybridized carbons (Fsp3) is 0. The van der Waals surface area contributed by atoms with Crippen LogP contribution in [0.5, 0.6) is 0 Å². The molecule has 0 heterocycles. The van der Waals surface area contributed by atoms with Gasteiger partial charge in [0.1, 0.15) is 0 Å². The Morgan fingerprint density at radius 3 is 1.75 bits per heavy atom. The molecule has 0 saturated heterocycles. The van der Waals surface area contributed by atoms with E-state index in [1.807, 2.05) is 0 Å². The topological polar surface area (TPSA) is 66.8 Å². The van der Waals surface area contributed by atoms with E-state index in [9.17, 15) is 4.57 Å². The van der Waals surface area contributed by atoms with E-state index in [1.54, 1.807) is 0 Å². The first-order chi connectivity index (χ1) is 2.56. The first-order valence-corrected chi connectivity index (χ1v) is 3.52. The summed E-state index contributed by atoms with van der Waals surface area (Å²) in [5.74, 6) is 0. The first kappa shape index (κ1) is 16.3. The van der Waals surface area contributed by atoms with Gasteiger partial charge in [-0.1, -0.05) is 0 Å². The van der Waals surface area contributed by atoms with E-state index in [-0.39, 0.29) is 50.3 Å². The SMILES string of the molecule is O=P(O)(O)O[SiH3].[H-].[Li+].[Zn]. The minimum atomic E-state index is -4.08. The Hall–Kier alpha value is 1.55. The number of phosphoric acid groups is 1. The standard InChI is InChI=1S/Li.H5O4PSi.Zn.H/c;1-5(2,3)4-6;;/h;6H3,(H2,1,2,3);;/q+1;;;-1. The molecule has 0 amide bonds. The second-order valence-corrected chi connectivity index (χ2v) is 3.11. The largest absolute Gasteiger partial charge is 1.00 e. The van der Waals surface area contributed by atoms with Gasteiger partial charge in [0.15, 0.2) is 10.5 Å². The zero-order valence-corrected chi connectivity index (χ0v) is 10.7. The summed E-state index contributed by atoms with van der Waals surface area (Å²) in [7, 11) is -4.00. The number of hydrogen-bond acceptors (Lipinski definition) is 2. The van der Waals surface area contributed by atoms with Crippen LogP contribution in [0.3, 0.4) is 0 Å². The molecule has 0 aromatic rings. The third-order valence-electron chi connectivity index (χ3n) is 0.238. The molecule has 0 bridgehead atoms. The predicted octanol–water partition coefficient (Wildman–Crippen LogP) is -4.51. The third kappa shape index (κ3) is 15.6. The van der Waals surface area contributed by atoms with Crippen LogP contribution in [-0.4, -0.2) is 20.3 Å². The normalized spacial score (nSPS) is 9.25. The minimum Gasteiger partial charge on any atom is -1.00 e. The van der Waals surface area contributed by atoms with Gasteiger partial charge in [-0.15, -0.1) is 0 Å². The van der Waals surface area contributed by atoms with Crippen molar-refractivity contribution in [3.05, 3.63) is 0 Å². The summed E-state index contributed by atoms with van der Waals surface area (Å²) in [6.45, 7) is 0. The van der Waals surface area contributed by atoms with Crippen molar-refractivity contribution >= 4 is 18.3 Å². The Bertz CT molecular complexity index is 84.6. The van der Waals surface area contributed by atoms with Crippen molar-refractivity contribution in [1.82, 2.24) is 0 Å². The average molecular weight is 201 g/mol. The van der Waals surface area contributed by atoms with Gasteiger partial charge in [0.2, 0.25) is 0 Å². The maximum absolute atomic E-state index is 9.51. The molecule has 0 rings (SSSR count). The Balaban J connectivity index is -0.0000000417. The van der Waals surface area contributed by atoms with Crippen molar-refractivity contribution in [1.29, 1.82) is 0 Å². The fourth-order valence-electron chi connectivity index (χ4n) is 0. The molecule has 42 valence electrons. The van der Waals surface area contributed by atoms with Crippen LogP contribution in [0.15, 0.2) is 0 Å². The molecule has 0 atom stereocenters. The molecule has 4 nitrogen and oxygen atoms in total. The van der Waals surface area contributed by atoms with Crippen LogP contribution in [-0.2, 0) is 28.3 Å². The zero-order chi connectivity index (χ0) is 5.21. The summed E-state index contributed by atoms with van der Waals surface area (Å²) in [5.41, 5.74) is 0. The zero-order valence-electron chi connectivity index (χ0n) is 5.87. The first-order valence-electron chi connectivity index (χ1n) is 1.17. The Labute approximate surface area is 76.6 Å². The average Bonchev–Trinajstić information content (AvgIpc) is 1.35. The molecule has 8 heteroatoms. The van der Waals surface area contributed by atoms with Crippen LogP contribution >= 0.6 is 7.82 Å². The van der Waals surface area contributed by atoms with Crippen molar-refractivity contribution in [2.45, 2.75) is 0 Å². The molecular weight excluding hydrogens is 195 g/mol. The van der Waals surface area contributed by atoms with Gasteiger partial charge in [0.05, 0.1) is 0 Å². The van der Waals surface area contributed by atoms with E-state index in [2.05, 4.69) is 4.21 Å². The number of rotatable bonds is 1. The summed E-state index contributed by atoms with van der Waals surface area (Å²) in [5, 5.41) is 0. The molecule has 0 saturated carbocycles. The summed E-state index contributed by atoms with van der Waals surface area (Å²) in [4.78, 5) is 15.5. The van der Waals surface area contributed by atoms with Gasteiger partial charge in [-0.25, -0.2) is 4.57 Å². The molecule has 0 aliphatic rings. The summed E-state index contributed by atoms with van der Waals surface area (Å²) < 4.78 is 13.2. The van der Waals surface area contributed by atoms with Gasteiger partial charge < -0.3 is 15.4 Å². The van der Waals surface area contributed by atoms with Crippen LogP contribution in [0.4, 0.5) is 0 Å². The molecular formula is H6LiO4PSiZn. The molecule has 0 aliphatic carbocycles. The Morgan fingerprint density at radius 1 is 1.62 bits per heavy atom. The van der Waals surface area contributed by atoms with Gasteiger partial charge >= 0.3 is 26.7 Å². The number of hydrogen-bond donors (Lipinski definition) is 2. The third-order valence-corrected chi connectivity index (χ3v) is 2.14. The van der Waals surface area contributed by atoms with Crippen LogP contribution < -0.4 is 18.9 Å². The van der Waals surface area contributed by atoms with Crippen molar-refractivity contribution in [2.24, 2.45) is 0 Å². The molecule has 8 heavy (non-hydrogen) atoms. The molecule has 0 aliphatic heterocycles. The van der Waals surface area contributed by atoms with Crippen LogP contribution in [0.1, 0.15) is 1.43 Å². The monoisotopic (exact) mass is 200 g/mol. The van der Waals surface area contributed by atoms with Gasteiger partial charge in [-0.05, 0) is 0 Å². The quantitative estimate of drug-likeness (QED) is 0.331. The van der Waals surface area contributed by atoms with Crippen molar-refractivity contribution in [2.75, 3.05) is 0 Å². The van der Waals surface area contributed by atoms with E-state index < -0.39 is 7.82 Å². The second-order valence-electron chi connectivity index (χ2n) is 0.673. The Kier molecular flexibility index (Phi) is 13.6. The van der Waals surface area contributed by atoms with Crippen LogP contribution in [0.2, 0.25) is 0 Å². The van der Waals surface area contributed by atoms with E-state index in [1.165, 1.54) is 0 Å². The van der Waals surface area contributed by atoms with Crippen LogP contribution in [0, 0.1) is 0 Å². The summed E-state index contributed by atoms with van der Waals surface area (Å²) >= 11 is 0. The fourth-order valence-corrected chi connectivity index (χ4v) is 0.